The monoisotopic (exact) mass is 532 g/mol. The van der Waals surface area contributed by atoms with Crippen LogP contribution < -0.4 is 16.2 Å². The molecule has 0 aliphatic carbocycles. The van der Waals surface area contributed by atoms with Crippen molar-refractivity contribution in [3.63, 3.8) is 0 Å². The molecule has 1 aliphatic heterocycles. The Kier molecular flexibility index (Phi) is 6.91. The highest BCUT2D eigenvalue weighted by molar-refractivity contribution is 6.35. The van der Waals surface area contributed by atoms with Gasteiger partial charge in [-0.05, 0) is 41.5 Å². The third kappa shape index (κ3) is 5.39. The van der Waals surface area contributed by atoms with Gasteiger partial charge in [-0.1, -0.05) is 18.2 Å². The van der Waals surface area contributed by atoms with Crippen molar-refractivity contribution in [2.75, 3.05) is 11.9 Å². The molecule has 3 heterocycles. The van der Waals surface area contributed by atoms with E-state index in [2.05, 4.69) is 25.6 Å². The third-order valence-electron chi connectivity index (χ3n) is 5.87. The number of aromatic amines is 1. The summed E-state index contributed by atoms with van der Waals surface area (Å²) in [5.74, 6) is -3.80. The van der Waals surface area contributed by atoms with Gasteiger partial charge >= 0.3 is 0 Å². The first-order valence-corrected chi connectivity index (χ1v) is 11.6. The van der Waals surface area contributed by atoms with E-state index in [9.17, 15) is 27.6 Å². The van der Waals surface area contributed by atoms with Crippen LogP contribution in [-0.4, -0.2) is 37.9 Å². The SMILES string of the molecule is O=C1Nc2cc(/C=C/CNC(=O)c3cncn(Cc4ccc(F)c(F)c4)c3=O)cc(F)c2/C1=C/c1cnc[nH]1. The van der Waals surface area contributed by atoms with Crippen LogP contribution >= 0.6 is 0 Å². The number of rotatable bonds is 7. The molecule has 12 heteroatoms. The number of carbonyl (C=O) groups excluding carboxylic acids is 2. The molecule has 0 radical (unpaired) electrons. The van der Waals surface area contributed by atoms with Crippen molar-refractivity contribution in [1.82, 2.24) is 24.8 Å². The molecule has 0 fully saturated rings. The molecule has 3 N–H and O–H groups in total. The summed E-state index contributed by atoms with van der Waals surface area (Å²) in [4.78, 5) is 48.2. The van der Waals surface area contributed by atoms with Crippen molar-refractivity contribution in [1.29, 1.82) is 0 Å². The van der Waals surface area contributed by atoms with Gasteiger partial charge in [0.25, 0.3) is 17.4 Å². The molecule has 2 aromatic heterocycles. The largest absolute Gasteiger partial charge is 0.348 e. The van der Waals surface area contributed by atoms with Crippen molar-refractivity contribution in [2.24, 2.45) is 0 Å². The highest BCUT2D eigenvalue weighted by Gasteiger charge is 2.28. The Morgan fingerprint density at radius 2 is 1.87 bits per heavy atom. The molecule has 0 saturated heterocycles. The Morgan fingerprint density at radius 3 is 2.64 bits per heavy atom. The number of benzene rings is 2. The van der Waals surface area contributed by atoms with Gasteiger partial charge < -0.3 is 15.6 Å². The molecule has 9 nitrogen and oxygen atoms in total. The fourth-order valence-corrected chi connectivity index (χ4v) is 4.03. The second kappa shape index (κ2) is 10.6. The predicted octanol–water partition coefficient (Wildman–Crippen LogP) is 3.37. The second-order valence-electron chi connectivity index (χ2n) is 8.55. The average molecular weight is 532 g/mol. The zero-order chi connectivity index (χ0) is 27.5. The highest BCUT2D eigenvalue weighted by Crippen LogP contribution is 2.36. The third-order valence-corrected chi connectivity index (χ3v) is 5.87. The minimum Gasteiger partial charge on any atom is -0.348 e. The average Bonchev–Trinajstić information content (AvgIpc) is 3.53. The maximum Gasteiger partial charge on any atom is 0.266 e. The summed E-state index contributed by atoms with van der Waals surface area (Å²) >= 11 is 0. The van der Waals surface area contributed by atoms with E-state index in [4.69, 9.17) is 0 Å². The van der Waals surface area contributed by atoms with Crippen molar-refractivity contribution >= 4 is 35.2 Å². The van der Waals surface area contributed by atoms with Crippen LogP contribution in [0.15, 0.2) is 66.3 Å². The van der Waals surface area contributed by atoms with Crippen LogP contribution in [0.3, 0.4) is 0 Å². The highest BCUT2D eigenvalue weighted by atomic mass is 19.2. The van der Waals surface area contributed by atoms with Gasteiger partial charge in [0, 0.05) is 18.3 Å². The van der Waals surface area contributed by atoms with E-state index < -0.39 is 34.8 Å². The van der Waals surface area contributed by atoms with Gasteiger partial charge in [0.15, 0.2) is 11.6 Å². The molecule has 196 valence electrons. The molecule has 0 bridgehead atoms. The van der Waals surface area contributed by atoms with Crippen molar-refractivity contribution in [3.8, 4) is 0 Å². The lowest BCUT2D eigenvalue weighted by Gasteiger charge is -2.08. The van der Waals surface area contributed by atoms with E-state index in [1.807, 2.05) is 0 Å². The molecule has 39 heavy (non-hydrogen) atoms. The van der Waals surface area contributed by atoms with Crippen LogP contribution in [0.4, 0.5) is 18.9 Å². The van der Waals surface area contributed by atoms with E-state index in [-0.39, 0.29) is 29.8 Å². The number of halogens is 3. The van der Waals surface area contributed by atoms with Gasteiger partial charge in [-0.15, -0.1) is 0 Å². The molecule has 2 aromatic carbocycles. The molecule has 1 aliphatic rings. The minimum atomic E-state index is -1.05. The lowest BCUT2D eigenvalue weighted by atomic mass is 10.0. The van der Waals surface area contributed by atoms with E-state index in [1.54, 1.807) is 18.2 Å². The van der Waals surface area contributed by atoms with Crippen LogP contribution in [-0.2, 0) is 11.3 Å². The van der Waals surface area contributed by atoms with Crippen molar-refractivity contribution in [2.45, 2.75) is 6.54 Å². The summed E-state index contributed by atoms with van der Waals surface area (Å²) < 4.78 is 42.6. The van der Waals surface area contributed by atoms with Gasteiger partial charge in [0.2, 0.25) is 0 Å². The Hall–Kier alpha value is -5.26. The molecule has 4 aromatic rings. The van der Waals surface area contributed by atoms with Crippen LogP contribution in [0.1, 0.15) is 32.7 Å². The molecule has 0 unspecified atom stereocenters. The smallest absolute Gasteiger partial charge is 0.266 e. The predicted molar refractivity (Wildman–Crippen MR) is 137 cm³/mol. The molecule has 0 saturated carbocycles. The standard InChI is InChI=1S/C27H19F3N6O3/c28-20-4-3-16(7-21(20)29)12-36-14-32-11-19(27(36)39)25(37)33-5-1-2-15-6-22(30)24-18(9-17-10-31-13-34-17)26(38)35-23(24)8-15/h1-4,6-11,13-14H,5,12H2,(H,31,34)(H,33,37)(H,35,38)/b2-1+,18-9-. The number of fused-ring (bicyclic) bond motifs is 1. The first-order valence-electron chi connectivity index (χ1n) is 11.6. The van der Waals surface area contributed by atoms with E-state index in [0.29, 0.717) is 22.5 Å². The number of aromatic nitrogens is 4. The maximum absolute atomic E-state index is 14.9. The maximum atomic E-state index is 14.9. The number of amides is 2. The quantitative estimate of drug-likeness (QED) is 0.315. The Labute approximate surface area is 218 Å². The van der Waals surface area contributed by atoms with Gasteiger partial charge in [-0.3, -0.25) is 19.0 Å². The number of H-pyrrole nitrogens is 1. The molecule has 2 amide bonds. The van der Waals surface area contributed by atoms with Crippen molar-refractivity contribution < 1.29 is 22.8 Å². The Morgan fingerprint density at radius 1 is 1.03 bits per heavy atom. The zero-order valence-electron chi connectivity index (χ0n) is 20.0. The fraction of sp³-hybridized carbons (Fsp3) is 0.0741. The second-order valence-corrected chi connectivity index (χ2v) is 8.55. The van der Waals surface area contributed by atoms with E-state index in [0.717, 1.165) is 22.9 Å². The fourth-order valence-electron chi connectivity index (χ4n) is 4.03. The first kappa shape index (κ1) is 25.4. The summed E-state index contributed by atoms with van der Waals surface area (Å²) in [6, 6.07) is 6.09. The number of imidazole rings is 1. The van der Waals surface area contributed by atoms with E-state index >= 15 is 0 Å². The van der Waals surface area contributed by atoms with Gasteiger partial charge in [0.1, 0.15) is 11.4 Å². The Balaban J connectivity index is 1.25. The van der Waals surface area contributed by atoms with Crippen LogP contribution in [0.5, 0.6) is 0 Å². The van der Waals surface area contributed by atoms with Crippen LogP contribution in [0.2, 0.25) is 0 Å². The number of hydrogen-bond donors (Lipinski definition) is 3. The first-order chi connectivity index (χ1) is 18.8. The summed E-state index contributed by atoms with van der Waals surface area (Å²) in [5, 5.41) is 5.19. The summed E-state index contributed by atoms with van der Waals surface area (Å²) in [7, 11) is 0. The topological polar surface area (TPSA) is 122 Å². The van der Waals surface area contributed by atoms with Crippen LogP contribution in [0.25, 0.3) is 17.7 Å². The molecular weight excluding hydrogens is 513 g/mol. The lowest BCUT2D eigenvalue weighted by Crippen LogP contribution is -2.33. The minimum absolute atomic E-state index is 0.00633. The summed E-state index contributed by atoms with van der Waals surface area (Å²) in [6.45, 7) is -0.102. The zero-order valence-corrected chi connectivity index (χ0v) is 20.0. The van der Waals surface area contributed by atoms with Crippen molar-refractivity contribution in [3.05, 3.63) is 117 Å². The summed E-state index contributed by atoms with van der Waals surface area (Å²) in [6.07, 6.45) is 9.86. The number of nitrogens with one attached hydrogen (secondary N) is 3. The number of anilines is 1. The lowest BCUT2D eigenvalue weighted by molar-refractivity contribution is -0.110. The van der Waals surface area contributed by atoms with Gasteiger partial charge in [0.05, 0.1) is 42.4 Å². The Bertz CT molecular complexity index is 1710. The normalized spacial score (nSPS) is 13.6. The number of carbonyl (C=O) groups is 2. The molecular formula is C27H19F3N6O3. The van der Waals surface area contributed by atoms with Gasteiger partial charge in [-0.2, -0.15) is 0 Å². The number of nitrogens with zero attached hydrogens (tertiary/aromatic N) is 3. The summed E-state index contributed by atoms with van der Waals surface area (Å²) in [5.41, 5.74) is 1.04. The van der Waals surface area contributed by atoms with Gasteiger partial charge in [-0.25, -0.2) is 23.1 Å². The van der Waals surface area contributed by atoms with E-state index in [1.165, 1.54) is 37.1 Å². The van der Waals surface area contributed by atoms with Crippen LogP contribution in [0, 0.1) is 17.5 Å². The number of hydrogen-bond acceptors (Lipinski definition) is 5. The molecule has 0 atom stereocenters. The molecule has 5 rings (SSSR count). The molecule has 0 spiro atoms.